The molecule has 0 bridgehead atoms. The van der Waals surface area contributed by atoms with Crippen LogP contribution in [-0.4, -0.2) is 6.41 Å². The molecule has 0 saturated heterocycles. The highest BCUT2D eigenvalue weighted by Gasteiger charge is 2.21. The molecule has 2 aliphatic rings. The number of benzene rings is 2. The van der Waals surface area contributed by atoms with Gasteiger partial charge in [0.15, 0.2) is 0 Å². The number of nitrogen functional groups attached to an aromatic ring is 1. The summed E-state index contributed by atoms with van der Waals surface area (Å²) in [4.78, 5) is 9.69. The van der Waals surface area contributed by atoms with E-state index >= 15 is 0 Å². The average molecular weight is 343 g/mol. The van der Waals surface area contributed by atoms with E-state index in [1.165, 1.54) is 72.7 Å². The van der Waals surface area contributed by atoms with Crippen LogP contribution in [0.15, 0.2) is 41.3 Å². The number of amides is 1. The Bertz CT molecular complexity index is 642. The smallest absolute Gasteiger partial charge is 0.204 e. The van der Waals surface area contributed by atoms with E-state index in [0.29, 0.717) is 0 Å². The van der Waals surface area contributed by atoms with Gasteiger partial charge in [-0.25, -0.2) is 0 Å². The van der Waals surface area contributed by atoms with Gasteiger partial charge in [-0.1, -0.05) is 24.3 Å². The molecule has 2 aromatic carbocycles. The number of rotatable bonds is 1. The van der Waals surface area contributed by atoms with Crippen LogP contribution in [0.4, 0.5) is 5.69 Å². The number of nitrogens with two attached hydrogens (primary N) is 3. The van der Waals surface area contributed by atoms with Crippen LogP contribution in [-0.2, 0) is 30.5 Å². The molecule has 128 valence electrons. The second-order valence-electron chi connectivity index (χ2n) is 5.84. The zero-order chi connectivity index (χ0) is 17.4. The van der Waals surface area contributed by atoms with Gasteiger partial charge in [0.05, 0.1) is 0 Å². The van der Waals surface area contributed by atoms with E-state index in [4.69, 9.17) is 15.7 Å². The maximum Gasteiger partial charge on any atom is 0.204 e. The lowest BCUT2D eigenvalue weighted by molar-refractivity contribution is -0.106. The maximum absolute atomic E-state index is 8.58. The predicted molar refractivity (Wildman–Crippen MR) is 102 cm³/mol. The van der Waals surface area contributed by atoms with Crippen LogP contribution in [0, 0.1) is 0 Å². The van der Waals surface area contributed by atoms with E-state index in [1.54, 1.807) is 0 Å². The van der Waals surface area contributed by atoms with Crippen LogP contribution in [0.1, 0.15) is 35.1 Å². The average Bonchev–Trinajstić information content (AvgIpc) is 3.26. The van der Waals surface area contributed by atoms with E-state index in [1.807, 2.05) is 30.3 Å². The molecule has 0 atom stereocenters. The van der Waals surface area contributed by atoms with Gasteiger partial charge >= 0.3 is 0 Å². The minimum atomic E-state index is 0.250. The summed E-state index contributed by atoms with van der Waals surface area (Å²) in [6.07, 6.45) is 7.81. The molecule has 2 aliphatic carbocycles. The largest absolute Gasteiger partial charge is 0.398 e. The van der Waals surface area contributed by atoms with Gasteiger partial charge in [-0.3, -0.25) is 9.93 Å². The molecule has 24 heavy (non-hydrogen) atoms. The SMILES string of the molecule is NC=O.NSc1ccccc1.Nc1c2c(cc3c1CCC3)CCC2. The van der Waals surface area contributed by atoms with Crippen LogP contribution >= 0.6 is 11.9 Å². The zero-order valence-corrected chi connectivity index (χ0v) is 14.6. The van der Waals surface area contributed by atoms with Gasteiger partial charge in [-0.15, -0.1) is 0 Å². The quantitative estimate of drug-likeness (QED) is 0.421. The lowest BCUT2D eigenvalue weighted by Gasteiger charge is -2.10. The van der Waals surface area contributed by atoms with E-state index < -0.39 is 0 Å². The minimum Gasteiger partial charge on any atom is -0.398 e. The highest BCUT2D eigenvalue weighted by molar-refractivity contribution is 7.97. The normalized spacial score (nSPS) is 13.7. The third kappa shape index (κ3) is 4.52. The standard InChI is InChI=1S/C12H15N.C6H7NS.CH3NO/c13-12-10-5-1-3-8(10)7-9-4-2-6-11(9)12;7-8-6-4-2-1-3-5-6;2-1-3/h7H,1-6,13H2;1-5H,7H2;1H,(H2,2,3). The first kappa shape index (κ1) is 18.4. The molecule has 0 aliphatic heterocycles. The summed E-state index contributed by atoms with van der Waals surface area (Å²) in [5.74, 6) is 0. The van der Waals surface area contributed by atoms with Gasteiger partial charge in [-0.05, 0) is 84.9 Å². The van der Waals surface area contributed by atoms with E-state index in [0.717, 1.165) is 10.6 Å². The Kier molecular flexibility index (Phi) is 7.15. The molecule has 4 rings (SSSR count). The highest BCUT2D eigenvalue weighted by Crippen LogP contribution is 2.36. The van der Waals surface area contributed by atoms with Crippen molar-refractivity contribution in [2.24, 2.45) is 10.9 Å². The van der Waals surface area contributed by atoms with Crippen LogP contribution in [0.5, 0.6) is 0 Å². The van der Waals surface area contributed by atoms with Gasteiger partial charge in [0.2, 0.25) is 6.41 Å². The topological polar surface area (TPSA) is 95.1 Å². The molecule has 6 N–H and O–H groups in total. The Labute approximate surface area is 147 Å². The van der Waals surface area contributed by atoms with Crippen LogP contribution in [0.3, 0.4) is 0 Å². The minimum absolute atomic E-state index is 0.250. The van der Waals surface area contributed by atoms with E-state index in [2.05, 4.69) is 11.8 Å². The maximum atomic E-state index is 8.58. The molecular weight excluding hydrogens is 318 g/mol. The van der Waals surface area contributed by atoms with Crippen molar-refractivity contribution >= 4 is 24.0 Å². The molecule has 4 nitrogen and oxygen atoms in total. The number of carbonyl (C=O) groups is 1. The Balaban J connectivity index is 0.000000163. The van der Waals surface area contributed by atoms with E-state index in [-0.39, 0.29) is 6.41 Å². The Morgan fingerprint density at radius 1 is 0.917 bits per heavy atom. The van der Waals surface area contributed by atoms with Crippen molar-refractivity contribution < 1.29 is 4.79 Å². The van der Waals surface area contributed by atoms with Gasteiger partial charge in [0, 0.05) is 10.6 Å². The third-order valence-corrected chi connectivity index (χ3v) is 4.94. The summed E-state index contributed by atoms with van der Waals surface area (Å²) >= 11 is 1.27. The number of hydrogen-bond donors (Lipinski definition) is 3. The molecule has 0 spiro atoms. The van der Waals surface area contributed by atoms with Crippen molar-refractivity contribution in [2.75, 3.05) is 5.73 Å². The molecule has 0 saturated carbocycles. The Morgan fingerprint density at radius 2 is 1.42 bits per heavy atom. The number of fused-ring (bicyclic) bond motifs is 2. The Hall–Kier alpha value is -1.98. The fourth-order valence-electron chi connectivity index (χ4n) is 3.36. The van der Waals surface area contributed by atoms with Crippen molar-refractivity contribution in [3.8, 4) is 0 Å². The molecule has 1 amide bonds. The summed E-state index contributed by atoms with van der Waals surface area (Å²) in [6, 6.07) is 12.3. The Morgan fingerprint density at radius 3 is 1.83 bits per heavy atom. The first-order valence-electron chi connectivity index (χ1n) is 8.20. The summed E-state index contributed by atoms with van der Waals surface area (Å²) in [6.45, 7) is 0. The summed E-state index contributed by atoms with van der Waals surface area (Å²) in [5, 5.41) is 5.27. The zero-order valence-electron chi connectivity index (χ0n) is 13.8. The van der Waals surface area contributed by atoms with Gasteiger partial charge in [0.25, 0.3) is 0 Å². The molecular formula is C19H25N3OS. The first-order chi connectivity index (χ1) is 11.7. The van der Waals surface area contributed by atoms with Gasteiger partial charge in [-0.2, -0.15) is 0 Å². The second kappa shape index (κ2) is 9.35. The van der Waals surface area contributed by atoms with Crippen molar-refractivity contribution in [3.63, 3.8) is 0 Å². The molecule has 2 aromatic rings. The summed E-state index contributed by atoms with van der Waals surface area (Å²) in [5.41, 5.74) is 17.5. The van der Waals surface area contributed by atoms with Crippen molar-refractivity contribution in [1.29, 1.82) is 0 Å². The van der Waals surface area contributed by atoms with Crippen molar-refractivity contribution in [2.45, 2.75) is 43.4 Å². The predicted octanol–water partition coefficient (Wildman–Crippen LogP) is 3.00. The highest BCUT2D eigenvalue weighted by atomic mass is 32.2. The molecule has 0 radical (unpaired) electrons. The third-order valence-electron chi connectivity index (χ3n) is 4.40. The molecule has 0 aromatic heterocycles. The van der Waals surface area contributed by atoms with Gasteiger partial charge in [0.1, 0.15) is 0 Å². The number of carbonyl (C=O) groups excluding carboxylic acids is 1. The van der Waals surface area contributed by atoms with Gasteiger partial charge < -0.3 is 11.5 Å². The first-order valence-corrected chi connectivity index (χ1v) is 9.08. The summed E-state index contributed by atoms with van der Waals surface area (Å²) < 4.78 is 0. The second-order valence-corrected chi connectivity index (χ2v) is 6.55. The number of anilines is 1. The molecule has 0 heterocycles. The van der Waals surface area contributed by atoms with Crippen LogP contribution in [0.25, 0.3) is 0 Å². The fraction of sp³-hybridized carbons (Fsp3) is 0.316. The fourth-order valence-corrected chi connectivity index (χ4v) is 3.67. The number of primary amides is 1. The van der Waals surface area contributed by atoms with Crippen molar-refractivity contribution in [3.05, 3.63) is 58.7 Å². The van der Waals surface area contributed by atoms with Crippen LogP contribution < -0.4 is 16.6 Å². The van der Waals surface area contributed by atoms with E-state index in [9.17, 15) is 0 Å². The molecule has 5 heteroatoms. The summed E-state index contributed by atoms with van der Waals surface area (Å²) in [7, 11) is 0. The lowest BCUT2D eigenvalue weighted by atomic mass is 9.99. The monoisotopic (exact) mass is 343 g/mol. The number of aryl methyl sites for hydroxylation is 2. The lowest BCUT2D eigenvalue weighted by Crippen LogP contribution is -1.99. The molecule has 0 unspecified atom stereocenters. The molecule has 0 fully saturated rings. The van der Waals surface area contributed by atoms with Crippen molar-refractivity contribution in [1.82, 2.24) is 0 Å². The van der Waals surface area contributed by atoms with Crippen LogP contribution in [0.2, 0.25) is 0 Å². The number of hydrogen-bond acceptors (Lipinski definition) is 4.